The van der Waals surface area contributed by atoms with Crippen LogP contribution < -0.4 is 10.1 Å². The highest BCUT2D eigenvalue weighted by Crippen LogP contribution is 2.45. The molecule has 0 bridgehead atoms. The van der Waals surface area contributed by atoms with Gasteiger partial charge in [0.25, 0.3) is 5.91 Å². The van der Waals surface area contributed by atoms with Crippen LogP contribution in [0.25, 0.3) is 0 Å². The van der Waals surface area contributed by atoms with Crippen LogP contribution in [0.3, 0.4) is 0 Å². The first-order chi connectivity index (χ1) is 10.7. The van der Waals surface area contributed by atoms with E-state index >= 15 is 0 Å². The van der Waals surface area contributed by atoms with Crippen molar-refractivity contribution in [3.8, 4) is 5.75 Å². The third-order valence-corrected chi connectivity index (χ3v) is 3.87. The molecule has 0 saturated heterocycles. The van der Waals surface area contributed by atoms with E-state index in [1.807, 2.05) is 18.2 Å². The third kappa shape index (κ3) is 3.31. The molecule has 5 nitrogen and oxygen atoms in total. The molecule has 1 aliphatic rings. The topological polar surface area (TPSA) is 71.7 Å². The lowest BCUT2D eigenvalue weighted by Crippen LogP contribution is -2.43. The summed E-state index contributed by atoms with van der Waals surface area (Å²) < 4.78 is 10.7. The van der Waals surface area contributed by atoms with Crippen LogP contribution in [0.1, 0.15) is 18.6 Å². The van der Waals surface area contributed by atoms with Crippen molar-refractivity contribution in [3.63, 3.8) is 0 Å². The zero-order valence-corrected chi connectivity index (χ0v) is 12.2. The number of rotatable bonds is 7. The van der Waals surface area contributed by atoms with Gasteiger partial charge in [-0.2, -0.15) is 0 Å². The van der Waals surface area contributed by atoms with Crippen molar-refractivity contribution >= 4 is 5.91 Å². The predicted octanol–water partition coefficient (Wildman–Crippen LogP) is 2.07. The number of hydrogen-bond acceptors (Lipinski definition) is 4. The fraction of sp³-hybridized carbons (Fsp3) is 0.353. The minimum absolute atomic E-state index is 0.0804. The van der Waals surface area contributed by atoms with Gasteiger partial charge in [0.1, 0.15) is 17.1 Å². The SMILES string of the molecule is O=C(COc1ccccc1)NC[C@@](O)(c1ccco1)C1CC1. The number of nitrogens with one attached hydrogen (secondary N) is 1. The Morgan fingerprint density at radius 2 is 2.05 bits per heavy atom. The molecule has 1 fully saturated rings. The van der Waals surface area contributed by atoms with E-state index in [0.717, 1.165) is 12.8 Å². The number of amides is 1. The van der Waals surface area contributed by atoms with Gasteiger partial charge in [-0.25, -0.2) is 0 Å². The van der Waals surface area contributed by atoms with Gasteiger partial charge in [0.15, 0.2) is 6.61 Å². The first kappa shape index (κ1) is 14.7. The summed E-state index contributed by atoms with van der Waals surface area (Å²) in [6.07, 6.45) is 3.41. The van der Waals surface area contributed by atoms with Crippen molar-refractivity contribution in [2.45, 2.75) is 18.4 Å². The van der Waals surface area contributed by atoms with Crippen molar-refractivity contribution in [1.29, 1.82) is 0 Å². The standard InChI is InChI=1S/C17H19NO4/c19-16(11-22-14-5-2-1-3-6-14)18-12-17(20,13-8-9-13)15-7-4-10-21-15/h1-7,10,13,20H,8-9,11-12H2,(H,18,19)/t17-/m0/s1. The molecule has 1 heterocycles. The van der Waals surface area contributed by atoms with E-state index in [9.17, 15) is 9.90 Å². The number of carbonyl (C=O) groups excluding carboxylic acids is 1. The van der Waals surface area contributed by atoms with Crippen LogP contribution in [0.2, 0.25) is 0 Å². The Balaban J connectivity index is 1.53. The number of benzene rings is 1. The van der Waals surface area contributed by atoms with Gasteiger partial charge in [-0.15, -0.1) is 0 Å². The molecule has 1 amide bonds. The summed E-state index contributed by atoms with van der Waals surface area (Å²) in [6.45, 7) is 0.0467. The van der Waals surface area contributed by atoms with Gasteiger partial charge in [0.2, 0.25) is 0 Å². The average molecular weight is 301 g/mol. The molecule has 0 spiro atoms. The van der Waals surface area contributed by atoms with Crippen molar-refractivity contribution in [3.05, 3.63) is 54.5 Å². The fourth-order valence-corrected chi connectivity index (χ4v) is 2.47. The summed E-state index contributed by atoms with van der Waals surface area (Å²) >= 11 is 0. The minimum atomic E-state index is -1.13. The number of aliphatic hydroxyl groups is 1. The molecular formula is C17H19NO4. The van der Waals surface area contributed by atoms with E-state index in [1.54, 1.807) is 24.3 Å². The second-order valence-corrected chi connectivity index (χ2v) is 5.55. The average Bonchev–Trinajstić information content (AvgIpc) is 3.26. The number of carbonyl (C=O) groups is 1. The molecule has 1 aromatic carbocycles. The van der Waals surface area contributed by atoms with Crippen molar-refractivity contribution in [2.24, 2.45) is 5.92 Å². The predicted molar refractivity (Wildman–Crippen MR) is 80.3 cm³/mol. The van der Waals surface area contributed by atoms with Crippen molar-refractivity contribution in [1.82, 2.24) is 5.32 Å². The van der Waals surface area contributed by atoms with E-state index in [1.165, 1.54) is 6.26 Å². The van der Waals surface area contributed by atoms with Crippen LogP contribution in [0, 0.1) is 5.92 Å². The quantitative estimate of drug-likeness (QED) is 0.821. The molecule has 2 aromatic rings. The second-order valence-electron chi connectivity index (χ2n) is 5.55. The lowest BCUT2D eigenvalue weighted by molar-refractivity contribution is -0.125. The highest BCUT2D eigenvalue weighted by atomic mass is 16.5. The smallest absolute Gasteiger partial charge is 0.258 e. The highest BCUT2D eigenvalue weighted by molar-refractivity contribution is 5.77. The Morgan fingerprint density at radius 3 is 2.68 bits per heavy atom. The van der Waals surface area contributed by atoms with Crippen molar-refractivity contribution in [2.75, 3.05) is 13.2 Å². The summed E-state index contributed by atoms with van der Waals surface area (Å²) in [4.78, 5) is 11.9. The van der Waals surface area contributed by atoms with Gasteiger partial charge >= 0.3 is 0 Å². The molecule has 2 N–H and O–H groups in total. The number of furan rings is 1. The molecule has 22 heavy (non-hydrogen) atoms. The lowest BCUT2D eigenvalue weighted by Gasteiger charge is -2.26. The van der Waals surface area contributed by atoms with Gasteiger partial charge < -0.3 is 19.6 Å². The number of para-hydroxylation sites is 1. The van der Waals surface area contributed by atoms with Crippen LogP contribution in [0.4, 0.5) is 0 Å². The maximum absolute atomic E-state index is 11.9. The Hall–Kier alpha value is -2.27. The summed E-state index contributed by atoms with van der Waals surface area (Å²) in [5.41, 5.74) is -1.13. The molecule has 5 heteroatoms. The summed E-state index contributed by atoms with van der Waals surface area (Å²) in [7, 11) is 0. The van der Waals surface area contributed by atoms with Crippen LogP contribution in [-0.4, -0.2) is 24.2 Å². The first-order valence-electron chi connectivity index (χ1n) is 7.39. The van der Waals surface area contributed by atoms with Crippen LogP contribution in [0.5, 0.6) is 5.75 Å². The second kappa shape index (κ2) is 6.23. The lowest BCUT2D eigenvalue weighted by atomic mass is 9.94. The van der Waals surface area contributed by atoms with E-state index in [2.05, 4.69) is 5.32 Å². The van der Waals surface area contributed by atoms with Gasteiger partial charge in [-0.05, 0) is 43.0 Å². The van der Waals surface area contributed by atoms with Crippen LogP contribution in [0.15, 0.2) is 53.1 Å². The van der Waals surface area contributed by atoms with Crippen LogP contribution in [-0.2, 0) is 10.4 Å². The molecule has 1 aromatic heterocycles. The van der Waals surface area contributed by atoms with E-state index < -0.39 is 5.60 Å². The van der Waals surface area contributed by atoms with E-state index in [0.29, 0.717) is 11.5 Å². The number of ether oxygens (including phenoxy) is 1. The molecule has 1 atom stereocenters. The molecule has 3 rings (SSSR count). The number of hydrogen-bond donors (Lipinski definition) is 2. The molecule has 0 aliphatic heterocycles. The van der Waals surface area contributed by atoms with Gasteiger partial charge in [0.05, 0.1) is 12.8 Å². The largest absolute Gasteiger partial charge is 0.484 e. The van der Waals surface area contributed by atoms with Gasteiger partial charge in [-0.1, -0.05) is 18.2 Å². The summed E-state index contributed by atoms with van der Waals surface area (Å²) in [6, 6.07) is 12.6. The maximum atomic E-state index is 11.9. The fourth-order valence-electron chi connectivity index (χ4n) is 2.47. The summed E-state index contributed by atoms with van der Waals surface area (Å²) in [5, 5.41) is 13.5. The minimum Gasteiger partial charge on any atom is -0.484 e. The Bertz CT molecular complexity index is 607. The van der Waals surface area contributed by atoms with Gasteiger partial charge in [0, 0.05) is 0 Å². The first-order valence-corrected chi connectivity index (χ1v) is 7.39. The molecular weight excluding hydrogens is 282 g/mol. The third-order valence-electron chi connectivity index (χ3n) is 3.87. The highest BCUT2D eigenvalue weighted by Gasteiger charge is 2.47. The zero-order valence-electron chi connectivity index (χ0n) is 12.2. The Labute approximate surface area is 128 Å². The molecule has 1 aliphatic carbocycles. The zero-order chi connectivity index (χ0) is 15.4. The molecule has 0 unspecified atom stereocenters. The monoisotopic (exact) mass is 301 g/mol. The van der Waals surface area contributed by atoms with Gasteiger partial charge in [-0.3, -0.25) is 4.79 Å². The van der Waals surface area contributed by atoms with Crippen LogP contribution >= 0.6 is 0 Å². The van der Waals surface area contributed by atoms with E-state index in [-0.39, 0.29) is 25.0 Å². The maximum Gasteiger partial charge on any atom is 0.258 e. The van der Waals surface area contributed by atoms with Crippen molar-refractivity contribution < 1.29 is 19.1 Å². The molecule has 0 radical (unpaired) electrons. The summed E-state index contributed by atoms with van der Waals surface area (Å²) in [5.74, 6) is 1.00. The van der Waals surface area contributed by atoms with E-state index in [4.69, 9.17) is 9.15 Å². The molecule has 1 saturated carbocycles. The normalized spacial score (nSPS) is 16.8. The Morgan fingerprint density at radius 1 is 1.27 bits per heavy atom. The molecule has 116 valence electrons. The Kier molecular flexibility index (Phi) is 4.15.